The Bertz CT molecular complexity index is 987. The Morgan fingerprint density at radius 1 is 1.31 bits per heavy atom. The van der Waals surface area contributed by atoms with Gasteiger partial charge in [0.25, 0.3) is 5.91 Å². The zero-order chi connectivity index (χ0) is 25.3. The third-order valence-electron chi connectivity index (χ3n) is 7.33. The van der Waals surface area contributed by atoms with E-state index in [1.807, 2.05) is 0 Å². The number of ether oxygens (including phenoxy) is 2. The number of benzene rings is 1. The molecule has 3 saturated heterocycles. The summed E-state index contributed by atoms with van der Waals surface area (Å²) in [5.74, 6) is -3.08. The number of unbranched alkanes of at least 4 members (excludes halogenated alkanes) is 2. The van der Waals surface area contributed by atoms with E-state index in [0.29, 0.717) is 37.1 Å². The van der Waals surface area contributed by atoms with Crippen LogP contribution in [0.2, 0.25) is 0 Å². The highest BCUT2D eigenvalue weighted by Gasteiger charge is 2.76. The van der Waals surface area contributed by atoms with E-state index in [2.05, 4.69) is 22.5 Å². The van der Waals surface area contributed by atoms with Gasteiger partial charge in [-0.05, 0) is 49.9 Å². The molecule has 4 rings (SSSR count). The normalized spacial score (nSPS) is 30.9. The maximum absolute atomic E-state index is 14.2. The molecule has 0 aliphatic carbocycles. The maximum atomic E-state index is 14.2. The maximum Gasteiger partial charge on any atom is 0.310 e. The fourth-order valence-electron chi connectivity index (χ4n) is 5.86. The Morgan fingerprint density at radius 3 is 2.63 bits per heavy atom. The molecule has 3 aliphatic rings. The molecule has 9 nitrogen and oxygen atoms in total. The van der Waals surface area contributed by atoms with Crippen molar-refractivity contribution >= 4 is 39.4 Å². The van der Waals surface area contributed by atoms with Crippen molar-refractivity contribution in [3.05, 3.63) is 36.9 Å². The second-order valence-corrected chi connectivity index (χ2v) is 10.4. The molecule has 2 bridgehead atoms. The number of carboxylic acids is 1. The number of carboxylic acid groups (broad SMARTS) is 1. The van der Waals surface area contributed by atoms with Gasteiger partial charge in [-0.2, -0.15) is 0 Å². The number of carbonyl (C=O) groups excluding carboxylic acids is 2. The number of amides is 2. The number of rotatable bonds is 11. The van der Waals surface area contributed by atoms with Gasteiger partial charge >= 0.3 is 5.97 Å². The minimum Gasteiger partial charge on any atom is -0.497 e. The molecule has 35 heavy (non-hydrogen) atoms. The molecule has 6 atom stereocenters. The Balaban J connectivity index is 1.74. The molecule has 0 aromatic heterocycles. The SMILES string of the molecule is C=CCN(C(=O)[C@@H]1N(CCCCCO)C(=O)[C@H]2[C@H](C(=O)O)[C@H]3O[C@@]12CC3Br)c1ccc(OC)cc1. The van der Waals surface area contributed by atoms with Crippen molar-refractivity contribution in [2.45, 2.75) is 48.3 Å². The van der Waals surface area contributed by atoms with Crippen molar-refractivity contribution in [3.63, 3.8) is 0 Å². The van der Waals surface area contributed by atoms with Crippen LogP contribution in [0.25, 0.3) is 0 Å². The van der Waals surface area contributed by atoms with Gasteiger partial charge in [-0.25, -0.2) is 0 Å². The molecule has 190 valence electrons. The number of aliphatic hydroxyl groups is 1. The van der Waals surface area contributed by atoms with Crippen LogP contribution in [0, 0.1) is 11.8 Å². The Morgan fingerprint density at radius 2 is 2.03 bits per heavy atom. The number of aliphatic carboxylic acids is 1. The van der Waals surface area contributed by atoms with Crippen molar-refractivity contribution in [2.75, 3.05) is 31.7 Å². The van der Waals surface area contributed by atoms with Gasteiger partial charge < -0.3 is 29.5 Å². The molecule has 3 heterocycles. The number of hydrogen-bond donors (Lipinski definition) is 2. The van der Waals surface area contributed by atoms with Crippen LogP contribution < -0.4 is 9.64 Å². The highest BCUT2D eigenvalue weighted by atomic mass is 79.9. The van der Waals surface area contributed by atoms with Crippen LogP contribution in [-0.4, -0.2) is 82.3 Å². The highest BCUT2D eigenvalue weighted by Crippen LogP contribution is 2.60. The molecule has 1 spiro atoms. The van der Waals surface area contributed by atoms with Gasteiger partial charge in [0.1, 0.15) is 17.4 Å². The van der Waals surface area contributed by atoms with Gasteiger partial charge in [0.2, 0.25) is 5.91 Å². The third-order valence-corrected chi connectivity index (χ3v) is 8.17. The van der Waals surface area contributed by atoms with E-state index >= 15 is 0 Å². The fourth-order valence-corrected chi connectivity index (χ4v) is 6.81. The van der Waals surface area contributed by atoms with E-state index in [4.69, 9.17) is 14.6 Å². The fraction of sp³-hybridized carbons (Fsp3) is 0.560. The summed E-state index contributed by atoms with van der Waals surface area (Å²) in [4.78, 5) is 42.9. The van der Waals surface area contributed by atoms with E-state index in [-0.39, 0.29) is 36.3 Å². The zero-order valence-electron chi connectivity index (χ0n) is 19.6. The molecule has 1 aromatic carbocycles. The minimum absolute atomic E-state index is 0.0462. The zero-order valence-corrected chi connectivity index (χ0v) is 21.2. The van der Waals surface area contributed by atoms with Crippen LogP contribution in [-0.2, 0) is 19.1 Å². The first-order valence-corrected chi connectivity index (χ1v) is 12.7. The second kappa shape index (κ2) is 10.3. The molecule has 3 aliphatic heterocycles. The molecule has 1 aromatic rings. The number of alkyl halides is 1. The standard InChI is InChI=1S/C25H31BrN2O7/c1-3-11-27(15-7-9-16(34-2)10-8-15)23(31)21-25-14-17(26)20(35-25)18(24(32)33)19(25)22(30)28(21)12-5-4-6-13-29/h3,7-10,17-21,29H,1,4-6,11-14H2,2H3,(H,32,33)/t17?,18-,19+,20-,21-,25+/m0/s1. The van der Waals surface area contributed by atoms with Crippen LogP contribution in [0.15, 0.2) is 36.9 Å². The van der Waals surface area contributed by atoms with Crippen LogP contribution >= 0.6 is 15.9 Å². The predicted octanol–water partition coefficient (Wildman–Crippen LogP) is 2.21. The van der Waals surface area contributed by atoms with Crippen molar-refractivity contribution in [1.82, 2.24) is 4.90 Å². The lowest BCUT2D eigenvalue weighted by Crippen LogP contribution is -2.57. The van der Waals surface area contributed by atoms with Crippen LogP contribution in [0.1, 0.15) is 25.7 Å². The Kier molecular flexibility index (Phi) is 7.54. The predicted molar refractivity (Wildman–Crippen MR) is 132 cm³/mol. The summed E-state index contributed by atoms with van der Waals surface area (Å²) in [7, 11) is 1.56. The monoisotopic (exact) mass is 550 g/mol. The lowest BCUT2D eigenvalue weighted by Gasteiger charge is -2.37. The molecule has 0 saturated carbocycles. The number of fused-ring (bicyclic) bond motifs is 1. The number of nitrogens with zero attached hydrogens (tertiary/aromatic N) is 2. The average molecular weight is 551 g/mol. The largest absolute Gasteiger partial charge is 0.497 e. The van der Waals surface area contributed by atoms with E-state index in [9.17, 15) is 19.5 Å². The molecule has 10 heteroatoms. The van der Waals surface area contributed by atoms with Crippen molar-refractivity contribution in [2.24, 2.45) is 11.8 Å². The first kappa shape index (κ1) is 25.7. The first-order valence-electron chi connectivity index (χ1n) is 11.8. The molecule has 2 amide bonds. The van der Waals surface area contributed by atoms with Gasteiger partial charge in [0.15, 0.2) is 0 Å². The van der Waals surface area contributed by atoms with Gasteiger partial charge in [-0.1, -0.05) is 22.0 Å². The summed E-state index contributed by atoms with van der Waals surface area (Å²) in [6, 6.07) is 6.05. The number of halogens is 1. The highest BCUT2D eigenvalue weighted by molar-refractivity contribution is 9.09. The van der Waals surface area contributed by atoms with Crippen molar-refractivity contribution in [3.8, 4) is 5.75 Å². The minimum atomic E-state index is -1.22. The lowest BCUT2D eigenvalue weighted by atomic mass is 9.70. The molecule has 0 radical (unpaired) electrons. The number of likely N-dealkylation sites (tertiary alicyclic amines) is 1. The first-order chi connectivity index (χ1) is 16.8. The van der Waals surface area contributed by atoms with E-state index in [1.165, 1.54) is 4.90 Å². The summed E-state index contributed by atoms with van der Waals surface area (Å²) >= 11 is 3.55. The number of hydrogen-bond acceptors (Lipinski definition) is 6. The summed E-state index contributed by atoms with van der Waals surface area (Å²) in [5, 5.41) is 19.1. The van der Waals surface area contributed by atoms with Gasteiger partial charge in [0.05, 0.1) is 25.0 Å². The molecule has 3 fully saturated rings. The summed E-state index contributed by atoms with van der Waals surface area (Å²) in [6.07, 6.45) is 3.15. The lowest BCUT2D eigenvalue weighted by molar-refractivity contribution is -0.149. The number of methoxy groups -OCH3 is 1. The average Bonchev–Trinajstić information content (AvgIpc) is 3.43. The summed E-state index contributed by atoms with van der Waals surface area (Å²) in [5.41, 5.74) is -0.611. The molecule has 1 unspecified atom stereocenters. The number of carbonyl (C=O) groups is 3. The van der Waals surface area contributed by atoms with Gasteiger partial charge in [0, 0.05) is 30.2 Å². The van der Waals surface area contributed by atoms with E-state index < -0.39 is 35.6 Å². The second-order valence-electron chi connectivity index (χ2n) is 9.25. The van der Waals surface area contributed by atoms with E-state index in [1.54, 1.807) is 42.4 Å². The number of aliphatic hydroxyl groups excluding tert-OH is 1. The molecular weight excluding hydrogens is 520 g/mol. The van der Waals surface area contributed by atoms with Crippen LogP contribution in [0.3, 0.4) is 0 Å². The Hall–Kier alpha value is -2.43. The van der Waals surface area contributed by atoms with Gasteiger partial charge in [-0.3, -0.25) is 14.4 Å². The van der Waals surface area contributed by atoms with Crippen LogP contribution in [0.4, 0.5) is 5.69 Å². The number of anilines is 1. The smallest absolute Gasteiger partial charge is 0.310 e. The topological polar surface area (TPSA) is 117 Å². The molecule has 2 N–H and O–H groups in total. The van der Waals surface area contributed by atoms with E-state index in [0.717, 1.165) is 0 Å². The third kappa shape index (κ3) is 4.25. The summed E-state index contributed by atoms with van der Waals surface area (Å²) in [6.45, 7) is 4.33. The van der Waals surface area contributed by atoms with Crippen molar-refractivity contribution in [1.29, 1.82) is 0 Å². The van der Waals surface area contributed by atoms with Crippen LogP contribution in [0.5, 0.6) is 5.75 Å². The summed E-state index contributed by atoms with van der Waals surface area (Å²) < 4.78 is 11.5. The van der Waals surface area contributed by atoms with Crippen molar-refractivity contribution < 1.29 is 34.1 Å². The quantitative estimate of drug-likeness (QED) is 0.246. The molecular formula is C25H31BrN2O7. The van der Waals surface area contributed by atoms with Gasteiger partial charge in [-0.15, -0.1) is 6.58 Å². The Labute approximate surface area is 212 Å².